The van der Waals surface area contributed by atoms with Crippen molar-refractivity contribution in [3.05, 3.63) is 29.6 Å². The summed E-state index contributed by atoms with van der Waals surface area (Å²) in [5, 5.41) is 8.37. The van der Waals surface area contributed by atoms with Crippen molar-refractivity contribution in [2.75, 3.05) is 0 Å². The van der Waals surface area contributed by atoms with Gasteiger partial charge in [-0.25, -0.2) is 0 Å². The number of pyridine rings is 1. The Morgan fingerprint density at radius 3 is 3.07 bits per heavy atom. The number of nitrogens with zero attached hydrogens (tertiary/aromatic N) is 2. The molecule has 0 bridgehead atoms. The lowest BCUT2D eigenvalue weighted by Crippen LogP contribution is -2.03. The van der Waals surface area contributed by atoms with Gasteiger partial charge in [-0.1, -0.05) is 6.92 Å². The zero-order valence-corrected chi connectivity index (χ0v) is 8.16. The van der Waals surface area contributed by atoms with Gasteiger partial charge in [-0.15, -0.1) is 0 Å². The molecule has 0 N–H and O–H groups in total. The molecule has 1 aromatic rings. The van der Waals surface area contributed by atoms with E-state index in [1.165, 1.54) is 0 Å². The molecular weight excluding hydrogens is 176 g/mol. The Bertz CT molecular complexity index is 366. The predicted octanol–water partition coefficient (Wildman–Crippen LogP) is 2.13. The third kappa shape index (κ3) is 2.40. The minimum atomic E-state index is 0.0331. The normalized spacial score (nSPS) is 9.43. The summed E-state index contributed by atoms with van der Waals surface area (Å²) >= 11 is 0. The van der Waals surface area contributed by atoms with Gasteiger partial charge in [0.05, 0.1) is 6.07 Å². The second-order valence-electron chi connectivity index (χ2n) is 2.97. The quantitative estimate of drug-likeness (QED) is 0.680. The SMILES string of the molecule is CCc1cnccc1C(=O)CCC#N. The molecule has 0 saturated carbocycles. The van der Waals surface area contributed by atoms with Gasteiger partial charge in [0.2, 0.25) is 0 Å². The fourth-order valence-corrected chi connectivity index (χ4v) is 1.29. The molecule has 0 atom stereocenters. The molecule has 0 aliphatic carbocycles. The lowest BCUT2D eigenvalue weighted by molar-refractivity contribution is 0.0983. The topological polar surface area (TPSA) is 53.8 Å². The maximum Gasteiger partial charge on any atom is 0.164 e. The Kier molecular flexibility index (Phi) is 3.81. The monoisotopic (exact) mass is 188 g/mol. The molecule has 0 fully saturated rings. The van der Waals surface area contributed by atoms with Gasteiger partial charge in [-0.3, -0.25) is 9.78 Å². The number of aryl methyl sites for hydroxylation is 1. The van der Waals surface area contributed by atoms with Gasteiger partial charge in [0, 0.05) is 30.8 Å². The van der Waals surface area contributed by atoms with Crippen molar-refractivity contribution >= 4 is 5.78 Å². The van der Waals surface area contributed by atoms with Crippen molar-refractivity contribution < 1.29 is 4.79 Å². The first-order chi connectivity index (χ1) is 6.79. The number of Topliss-reactive ketones (excluding diaryl/α,β-unsaturated/α-hetero) is 1. The van der Waals surface area contributed by atoms with E-state index in [1.807, 2.05) is 13.0 Å². The Balaban J connectivity index is 2.84. The Hall–Kier alpha value is -1.69. The standard InChI is InChI=1S/C11H12N2O/c1-2-9-8-13-7-5-10(9)11(14)4-3-6-12/h5,7-8H,2-4H2,1H3. The Morgan fingerprint density at radius 1 is 1.64 bits per heavy atom. The number of rotatable bonds is 4. The van der Waals surface area contributed by atoms with Crippen LogP contribution in [-0.2, 0) is 6.42 Å². The molecule has 3 heteroatoms. The molecule has 1 heterocycles. The molecule has 0 saturated heterocycles. The summed E-state index contributed by atoms with van der Waals surface area (Å²) in [7, 11) is 0. The number of ketones is 1. The minimum absolute atomic E-state index is 0.0331. The van der Waals surface area contributed by atoms with Gasteiger partial charge in [-0.05, 0) is 18.1 Å². The maximum absolute atomic E-state index is 11.6. The summed E-state index contributed by atoms with van der Waals surface area (Å²) in [6, 6.07) is 3.69. The lowest BCUT2D eigenvalue weighted by Gasteiger charge is -2.03. The highest BCUT2D eigenvalue weighted by Crippen LogP contribution is 2.11. The number of aromatic nitrogens is 1. The van der Waals surface area contributed by atoms with E-state index < -0.39 is 0 Å². The van der Waals surface area contributed by atoms with Crippen LogP contribution < -0.4 is 0 Å². The summed E-state index contributed by atoms with van der Waals surface area (Å²) in [6.07, 6.45) is 4.69. The van der Waals surface area contributed by atoms with Crippen LogP contribution in [-0.4, -0.2) is 10.8 Å². The van der Waals surface area contributed by atoms with E-state index in [-0.39, 0.29) is 12.2 Å². The minimum Gasteiger partial charge on any atom is -0.294 e. The molecule has 0 radical (unpaired) electrons. The van der Waals surface area contributed by atoms with E-state index in [1.54, 1.807) is 18.5 Å². The molecule has 1 aromatic heterocycles. The zero-order chi connectivity index (χ0) is 10.4. The van der Waals surface area contributed by atoms with Gasteiger partial charge in [-0.2, -0.15) is 5.26 Å². The summed E-state index contributed by atoms with van der Waals surface area (Å²) in [6.45, 7) is 1.98. The highest BCUT2D eigenvalue weighted by molar-refractivity contribution is 5.97. The first kappa shape index (κ1) is 10.4. The fraction of sp³-hybridized carbons (Fsp3) is 0.364. The smallest absolute Gasteiger partial charge is 0.164 e. The van der Waals surface area contributed by atoms with Crippen molar-refractivity contribution in [3.63, 3.8) is 0 Å². The van der Waals surface area contributed by atoms with Crippen molar-refractivity contribution in [1.82, 2.24) is 4.98 Å². The van der Waals surface area contributed by atoms with Crippen LogP contribution in [0.1, 0.15) is 35.7 Å². The molecule has 0 spiro atoms. The van der Waals surface area contributed by atoms with Crippen LogP contribution in [0.4, 0.5) is 0 Å². The van der Waals surface area contributed by atoms with E-state index in [0.717, 1.165) is 12.0 Å². The highest BCUT2D eigenvalue weighted by Gasteiger charge is 2.09. The third-order valence-corrected chi connectivity index (χ3v) is 2.05. The Labute approximate surface area is 83.4 Å². The Morgan fingerprint density at radius 2 is 2.43 bits per heavy atom. The summed E-state index contributed by atoms with van der Waals surface area (Å²) in [5.74, 6) is 0.0331. The van der Waals surface area contributed by atoms with Crippen molar-refractivity contribution in [2.45, 2.75) is 26.2 Å². The average Bonchev–Trinajstić information content (AvgIpc) is 2.25. The third-order valence-electron chi connectivity index (χ3n) is 2.05. The largest absolute Gasteiger partial charge is 0.294 e. The average molecular weight is 188 g/mol. The van der Waals surface area contributed by atoms with E-state index in [9.17, 15) is 4.79 Å². The molecule has 3 nitrogen and oxygen atoms in total. The first-order valence-electron chi connectivity index (χ1n) is 4.62. The van der Waals surface area contributed by atoms with E-state index in [0.29, 0.717) is 12.0 Å². The van der Waals surface area contributed by atoms with Crippen LogP contribution in [0.5, 0.6) is 0 Å². The predicted molar refractivity (Wildman–Crippen MR) is 52.8 cm³/mol. The zero-order valence-electron chi connectivity index (χ0n) is 8.16. The number of hydrogen-bond donors (Lipinski definition) is 0. The molecule has 0 amide bonds. The van der Waals surface area contributed by atoms with Crippen LogP contribution in [0.2, 0.25) is 0 Å². The molecular formula is C11H12N2O. The number of carbonyl (C=O) groups excluding carboxylic acids is 1. The van der Waals surface area contributed by atoms with Crippen LogP contribution in [0, 0.1) is 11.3 Å². The maximum atomic E-state index is 11.6. The second kappa shape index (κ2) is 5.13. The number of hydrogen-bond acceptors (Lipinski definition) is 3. The van der Waals surface area contributed by atoms with Gasteiger partial charge in [0.25, 0.3) is 0 Å². The number of nitriles is 1. The highest BCUT2D eigenvalue weighted by atomic mass is 16.1. The summed E-state index contributed by atoms with van der Waals surface area (Å²) in [5.41, 5.74) is 1.66. The molecule has 0 aromatic carbocycles. The lowest BCUT2D eigenvalue weighted by atomic mass is 10.0. The van der Waals surface area contributed by atoms with Gasteiger partial charge in [0.1, 0.15) is 0 Å². The van der Waals surface area contributed by atoms with Gasteiger partial charge in [0.15, 0.2) is 5.78 Å². The van der Waals surface area contributed by atoms with Crippen LogP contribution in [0.3, 0.4) is 0 Å². The molecule has 1 rings (SSSR count). The summed E-state index contributed by atoms with van der Waals surface area (Å²) in [4.78, 5) is 15.6. The van der Waals surface area contributed by atoms with Crippen LogP contribution in [0.15, 0.2) is 18.5 Å². The number of carbonyl (C=O) groups is 1. The molecule has 72 valence electrons. The van der Waals surface area contributed by atoms with E-state index >= 15 is 0 Å². The first-order valence-corrected chi connectivity index (χ1v) is 4.62. The van der Waals surface area contributed by atoms with E-state index in [4.69, 9.17) is 5.26 Å². The van der Waals surface area contributed by atoms with Crippen LogP contribution in [0.25, 0.3) is 0 Å². The molecule has 0 aliphatic heterocycles. The van der Waals surface area contributed by atoms with E-state index in [2.05, 4.69) is 4.98 Å². The van der Waals surface area contributed by atoms with Gasteiger partial charge < -0.3 is 0 Å². The fourth-order valence-electron chi connectivity index (χ4n) is 1.29. The molecule has 0 unspecified atom stereocenters. The molecule has 0 aliphatic rings. The van der Waals surface area contributed by atoms with Gasteiger partial charge >= 0.3 is 0 Å². The van der Waals surface area contributed by atoms with Crippen molar-refractivity contribution in [3.8, 4) is 6.07 Å². The van der Waals surface area contributed by atoms with Crippen molar-refractivity contribution in [2.24, 2.45) is 0 Å². The van der Waals surface area contributed by atoms with Crippen LogP contribution >= 0.6 is 0 Å². The second-order valence-corrected chi connectivity index (χ2v) is 2.97. The summed E-state index contributed by atoms with van der Waals surface area (Å²) < 4.78 is 0. The molecule has 14 heavy (non-hydrogen) atoms. The van der Waals surface area contributed by atoms with Crippen molar-refractivity contribution in [1.29, 1.82) is 5.26 Å².